The summed E-state index contributed by atoms with van der Waals surface area (Å²) >= 11 is 5.27. The van der Waals surface area contributed by atoms with Crippen molar-refractivity contribution in [1.29, 1.82) is 0 Å². The summed E-state index contributed by atoms with van der Waals surface area (Å²) in [5.41, 5.74) is 9.26. The van der Waals surface area contributed by atoms with E-state index in [1.54, 1.807) is 10.9 Å². The molecule has 4 N–H and O–H groups in total. The summed E-state index contributed by atoms with van der Waals surface area (Å²) in [5, 5.41) is 10.5. The molecule has 0 aliphatic carbocycles. The van der Waals surface area contributed by atoms with Gasteiger partial charge in [0, 0.05) is 18.4 Å². The van der Waals surface area contributed by atoms with Gasteiger partial charge in [-0.2, -0.15) is 5.10 Å². The van der Waals surface area contributed by atoms with Crippen molar-refractivity contribution in [3.05, 3.63) is 41.2 Å². The van der Waals surface area contributed by atoms with E-state index < -0.39 is 5.91 Å². The lowest BCUT2D eigenvalue weighted by Gasteiger charge is -2.11. The zero-order valence-electron chi connectivity index (χ0n) is 12.8. The highest BCUT2D eigenvalue weighted by Crippen LogP contribution is 2.16. The van der Waals surface area contributed by atoms with E-state index in [-0.39, 0.29) is 5.69 Å². The summed E-state index contributed by atoms with van der Waals surface area (Å²) in [6.45, 7) is 6.65. The molecule has 0 saturated carbocycles. The monoisotopic (exact) mass is 317 g/mol. The average Bonchev–Trinajstić information content (AvgIpc) is 2.86. The van der Waals surface area contributed by atoms with Crippen LogP contribution in [0.2, 0.25) is 0 Å². The maximum atomic E-state index is 11.4. The van der Waals surface area contributed by atoms with E-state index in [9.17, 15) is 4.79 Å². The van der Waals surface area contributed by atoms with Crippen molar-refractivity contribution >= 4 is 34.6 Å². The first kappa shape index (κ1) is 16.0. The Morgan fingerprint density at radius 3 is 2.64 bits per heavy atom. The van der Waals surface area contributed by atoms with E-state index >= 15 is 0 Å². The summed E-state index contributed by atoms with van der Waals surface area (Å²) in [5.74, 6) is -0.594. The number of anilines is 2. The highest BCUT2D eigenvalue weighted by Gasteiger charge is 2.14. The number of nitrogens with two attached hydrogens (primary N) is 1. The van der Waals surface area contributed by atoms with Crippen molar-refractivity contribution in [1.82, 2.24) is 9.78 Å². The van der Waals surface area contributed by atoms with Crippen LogP contribution in [0.25, 0.3) is 0 Å². The van der Waals surface area contributed by atoms with Gasteiger partial charge in [0.15, 0.2) is 10.8 Å². The molecule has 0 spiro atoms. The number of nitrogens with zero attached hydrogens (tertiary/aromatic N) is 2. The number of benzene rings is 1. The third-order valence-corrected chi connectivity index (χ3v) is 3.54. The van der Waals surface area contributed by atoms with Crippen molar-refractivity contribution < 1.29 is 4.79 Å². The number of carbonyl (C=O) groups is 1. The number of aryl methyl sites for hydroxylation is 3. The van der Waals surface area contributed by atoms with Crippen LogP contribution in [0.3, 0.4) is 0 Å². The Morgan fingerprint density at radius 2 is 2.05 bits per heavy atom. The van der Waals surface area contributed by atoms with Crippen LogP contribution < -0.4 is 16.4 Å². The molecule has 0 radical (unpaired) electrons. The van der Waals surface area contributed by atoms with Crippen LogP contribution in [0.5, 0.6) is 0 Å². The second kappa shape index (κ2) is 6.57. The number of thiocarbonyl (C=S) groups is 1. The zero-order valence-corrected chi connectivity index (χ0v) is 13.6. The molecule has 0 atom stereocenters. The van der Waals surface area contributed by atoms with Crippen LogP contribution in [-0.4, -0.2) is 20.8 Å². The van der Waals surface area contributed by atoms with Gasteiger partial charge in [-0.15, -0.1) is 0 Å². The van der Waals surface area contributed by atoms with Gasteiger partial charge >= 0.3 is 0 Å². The van der Waals surface area contributed by atoms with Crippen molar-refractivity contribution in [2.75, 3.05) is 10.6 Å². The SMILES string of the molecule is CCn1cc(NC(=S)Nc2ccc(C)c(C)c2)c(C(N)=O)n1. The molecule has 0 aliphatic heterocycles. The first-order valence-corrected chi connectivity index (χ1v) is 7.34. The third-order valence-electron chi connectivity index (χ3n) is 3.33. The maximum Gasteiger partial charge on any atom is 0.271 e. The molecule has 0 fully saturated rings. The van der Waals surface area contributed by atoms with E-state index in [0.29, 0.717) is 17.3 Å². The second-order valence-electron chi connectivity index (χ2n) is 4.99. The maximum absolute atomic E-state index is 11.4. The molecule has 2 rings (SSSR count). The Balaban J connectivity index is 2.13. The quantitative estimate of drug-likeness (QED) is 0.754. The van der Waals surface area contributed by atoms with Gasteiger partial charge in [-0.25, -0.2) is 0 Å². The molecule has 7 heteroatoms. The van der Waals surface area contributed by atoms with Crippen LogP contribution in [-0.2, 0) is 6.54 Å². The van der Waals surface area contributed by atoms with E-state index in [4.69, 9.17) is 18.0 Å². The topological polar surface area (TPSA) is 85.0 Å². The smallest absolute Gasteiger partial charge is 0.271 e. The number of amides is 1. The fourth-order valence-corrected chi connectivity index (χ4v) is 2.19. The minimum Gasteiger partial charge on any atom is -0.364 e. The Morgan fingerprint density at radius 1 is 1.32 bits per heavy atom. The summed E-state index contributed by atoms with van der Waals surface area (Å²) in [7, 11) is 0. The number of rotatable bonds is 4. The summed E-state index contributed by atoms with van der Waals surface area (Å²) < 4.78 is 1.63. The summed E-state index contributed by atoms with van der Waals surface area (Å²) in [6, 6.07) is 5.97. The van der Waals surface area contributed by atoms with Gasteiger partial charge < -0.3 is 16.4 Å². The number of hydrogen-bond donors (Lipinski definition) is 3. The molecule has 0 bridgehead atoms. The molecule has 22 heavy (non-hydrogen) atoms. The number of aromatic nitrogens is 2. The Bertz CT molecular complexity index is 723. The fraction of sp³-hybridized carbons (Fsp3) is 0.267. The molecule has 1 aromatic carbocycles. The standard InChI is InChI=1S/C15H19N5OS/c1-4-20-8-12(13(19-20)14(16)21)18-15(22)17-11-6-5-9(2)10(3)7-11/h5-8H,4H2,1-3H3,(H2,16,21)(H2,17,18,22). The predicted molar refractivity (Wildman–Crippen MR) is 92.2 cm³/mol. The van der Waals surface area contributed by atoms with E-state index in [0.717, 1.165) is 5.69 Å². The predicted octanol–water partition coefficient (Wildman–Crippen LogP) is 2.43. The van der Waals surface area contributed by atoms with Crippen LogP contribution in [0.15, 0.2) is 24.4 Å². The molecule has 0 aliphatic rings. The molecule has 1 amide bonds. The molecule has 6 nitrogen and oxygen atoms in total. The summed E-state index contributed by atoms with van der Waals surface area (Å²) in [4.78, 5) is 11.4. The Kier molecular flexibility index (Phi) is 4.77. The molecule has 1 aromatic heterocycles. The highest BCUT2D eigenvalue weighted by atomic mass is 32.1. The van der Waals surface area contributed by atoms with Gasteiger partial charge in [0.2, 0.25) is 0 Å². The normalized spacial score (nSPS) is 10.3. The summed E-state index contributed by atoms with van der Waals surface area (Å²) in [6.07, 6.45) is 1.70. The number of primary amides is 1. The highest BCUT2D eigenvalue weighted by molar-refractivity contribution is 7.80. The van der Waals surface area contributed by atoms with Crippen molar-refractivity contribution in [3.63, 3.8) is 0 Å². The first-order chi connectivity index (χ1) is 10.4. The molecule has 1 heterocycles. The average molecular weight is 317 g/mol. The van der Waals surface area contributed by atoms with Gasteiger partial charge in [-0.1, -0.05) is 6.07 Å². The minimum atomic E-state index is -0.594. The molecular formula is C15H19N5OS. The van der Waals surface area contributed by atoms with Crippen molar-refractivity contribution in [2.24, 2.45) is 5.73 Å². The minimum absolute atomic E-state index is 0.172. The Labute approximate surface area is 134 Å². The Hall–Kier alpha value is -2.41. The molecule has 116 valence electrons. The first-order valence-electron chi connectivity index (χ1n) is 6.93. The van der Waals surface area contributed by atoms with Gasteiger partial charge in [-0.05, 0) is 56.2 Å². The molecule has 0 unspecified atom stereocenters. The van der Waals surface area contributed by atoms with Gasteiger partial charge in [0.05, 0.1) is 5.69 Å². The van der Waals surface area contributed by atoms with Gasteiger partial charge in [0.25, 0.3) is 5.91 Å². The van der Waals surface area contributed by atoms with E-state index in [1.807, 2.05) is 39.0 Å². The van der Waals surface area contributed by atoms with Crippen molar-refractivity contribution in [3.8, 4) is 0 Å². The van der Waals surface area contributed by atoms with Crippen LogP contribution in [0.4, 0.5) is 11.4 Å². The number of carbonyl (C=O) groups excluding carboxylic acids is 1. The fourth-order valence-electron chi connectivity index (χ4n) is 1.96. The third kappa shape index (κ3) is 3.62. The van der Waals surface area contributed by atoms with E-state index in [2.05, 4.69) is 15.7 Å². The lowest BCUT2D eigenvalue weighted by Crippen LogP contribution is -2.21. The van der Waals surface area contributed by atoms with Crippen LogP contribution in [0.1, 0.15) is 28.5 Å². The molecular weight excluding hydrogens is 298 g/mol. The number of hydrogen-bond acceptors (Lipinski definition) is 3. The van der Waals surface area contributed by atoms with Crippen LogP contribution in [0, 0.1) is 13.8 Å². The lowest BCUT2D eigenvalue weighted by molar-refractivity contribution is 0.0995. The van der Waals surface area contributed by atoms with Crippen molar-refractivity contribution in [2.45, 2.75) is 27.3 Å². The van der Waals surface area contributed by atoms with Gasteiger partial charge in [-0.3, -0.25) is 9.48 Å². The van der Waals surface area contributed by atoms with Gasteiger partial charge in [0.1, 0.15) is 0 Å². The van der Waals surface area contributed by atoms with E-state index in [1.165, 1.54) is 11.1 Å². The van der Waals surface area contributed by atoms with Crippen LogP contribution >= 0.6 is 12.2 Å². The second-order valence-corrected chi connectivity index (χ2v) is 5.40. The molecule has 2 aromatic rings. The lowest BCUT2D eigenvalue weighted by atomic mass is 10.1. The zero-order chi connectivity index (χ0) is 16.3. The number of nitrogens with one attached hydrogen (secondary N) is 2. The largest absolute Gasteiger partial charge is 0.364 e. The molecule has 0 saturated heterocycles.